The summed E-state index contributed by atoms with van der Waals surface area (Å²) in [6.45, 7) is 3.38. The molecule has 0 saturated carbocycles. The fourth-order valence-electron chi connectivity index (χ4n) is 3.65. The lowest BCUT2D eigenvalue weighted by Gasteiger charge is -2.30. The van der Waals surface area contributed by atoms with Crippen LogP contribution in [0.1, 0.15) is 31.7 Å². The van der Waals surface area contributed by atoms with E-state index in [1.54, 1.807) is 17.0 Å². The van der Waals surface area contributed by atoms with Crippen molar-refractivity contribution < 1.29 is 8.78 Å². The van der Waals surface area contributed by atoms with E-state index in [-0.39, 0.29) is 17.5 Å². The number of nitrogens with one attached hydrogen (secondary N) is 1. The summed E-state index contributed by atoms with van der Waals surface area (Å²) in [5.41, 5.74) is 1.91. The fraction of sp³-hybridized carbons (Fsp3) is 0.438. The molecule has 2 aromatic rings. The number of H-pyrrole nitrogens is 1. The maximum atomic E-state index is 13.4. The van der Waals surface area contributed by atoms with E-state index in [0.717, 1.165) is 10.9 Å². The second-order valence-corrected chi connectivity index (χ2v) is 6.87. The minimum Gasteiger partial charge on any atom is -0.360 e. The molecule has 0 radical (unpaired) electrons. The Morgan fingerprint density at radius 1 is 1.39 bits per heavy atom. The van der Waals surface area contributed by atoms with Crippen LogP contribution in [0.15, 0.2) is 23.0 Å². The van der Waals surface area contributed by atoms with Crippen molar-refractivity contribution in [3.8, 4) is 0 Å². The van der Waals surface area contributed by atoms with E-state index >= 15 is 0 Å². The molecule has 2 atom stereocenters. The smallest absolute Gasteiger partial charge is 0.338 e. The fourth-order valence-corrected chi connectivity index (χ4v) is 4.08. The molecule has 0 spiro atoms. The molecular weight excluding hydrogens is 345 g/mol. The molecule has 7 heteroatoms. The Labute approximate surface area is 142 Å². The van der Waals surface area contributed by atoms with Gasteiger partial charge in [-0.25, -0.2) is 0 Å². The van der Waals surface area contributed by atoms with Crippen LogP contribution in [0.2, 0.25) is 5.02 Å². The van der Waals surface area contributed by atoms with Crippen LogP contribution in [0.4, 0.5) is 14.5 Å². The van der Waals surface area contributed by atoms with Gasteiger partial charge in [-0.3, -0.25) is 4.79 Å². The van der Waals surface area contributed by atoms with Crippen molar-refractivity contribution in [1.82, 2.24) is 4.98 Å². The van der Waals surface area contributed by atoms with E-state index in [4.69, 9.17) is 23.2 Å². The van der Waals surface area contributed by atoms with Gasteiger partial charge in [0.2, 0.25) is 5.56 Å². The average Bonchev–Trinajstić information content (AvgIpc) is 2.68. The summed E-state index contributed by atoms with van der Waals surface area (Å²) in [7, 11) is 0. The first-order valence-electron chi connectivity index (χ1n) is 7.41. The maximum Gasteiger partial charge on any atom is 0.338 e. The predicted molar refractivity (Wildman–Crippen MR) is 90.2 cm³/mol. The van der Waals surface area contributed by atoms with Crippen LogP contribution in [-0.2, 0) is 0 Å². The van der Waals surface area contributed by atoms with Gasteiger partial charge in [0.1, 0.15) is 0 Å². The Bertz CT molecular complexity index is 816. The zero-order chi connectivity index (χ0) is 16.9. The third kappa shape index (κ3) is 2.81. The second-order valence-electron chi connectivity index (χ2n) is 5.91. The third-order valence-electron chi connectivity index (χ3n) is 4.49. The molecule has 23 heavy (non-hydrogen) atoms. The third-order valence-corrected chi connectivity index (χ3v) is 4.90. The number of fused-ring (bicyclic) bond motifs is 3. The molecule has 3 rings (SSSR count). The molecule has 2 unspecified atom stereocenters. The van der Waals surface area contributed by atoms with Crippen LogP contribution in [0.5, 0.6) is 0 Å². The number of aromatic nitrogens is 1. The van der Waals surface area contributed by atoms with Crippen LogP contribution in [0, 0.1) is 0 Å². The molecule has 0 aliphatic carbocycles. The van der Waals surface area contributed by atoms with E-state index in [1.807, 2.05) is 13.8 Å². The van der Waals surface area contributed by atoms with Crippen molar-refractivity contribution in [2.75, 3.05) is 11.4 Å². The summed E-state index contributed by atoms with van der Waals surface area (Å²) in [4.78, 5) is 16.0. The lowest BCUT2D eigenvalue weighted by Crippen LogP contribution is -2.39. The number of anilines is 1. The quantitative estimate of drug-likeness (QED) is 0.804. The predicted octanol–water partition coefficient (Wildman–Crippen LogP) is 4.72. The molecule has 0 bridgehead atoms. The number of hydrogen-bond donors (Lipinski definition) is 1. The molecule has 1 N–H and O–H groups in total. The molecule has 2 heterocycles. The molecule has 0 fully saturated rings. The van der Waals surface area contributed by atoms with Gasteiger partial charge in [0.05, 0.1) is 17.1 Å². The molecule has 124 valence electrons. The van der Waals surface area contributed by atoms with Gasteiger partial charge in [-0.2, -0.15) is 8.78 Å². The van der Waals surface area contributed by atoms with Crippen molar-refractivity contribution in [3.05, 3.63) is 39.1 Å². The Morgan fingerprint density at radius 2 is 2.09 bits per heavy atom. The monoisotopic (exact) mass is 360 g/mol. The first kappa shape index (κ1) is 16.5. The van der Waals surface area contributed by atoms with E-state index in [2.05, 4.69) is 4.98 Å². The first-order valence-corrected chi connectivity index (χ1v) is 8.17. The van der Waals surface area contributed by atoms with Gasteiger partial charge in [0, 0.05) is 29.1 Å². The van der Waals surface area contributed by atoms with Gasteiger partial charge in [0.15, 0.2) is 0 Å². The molecular formula is C16H16Cl2F2N2O. The number of aromatic amines is 1. The number of pyridine rings is 1. The Morgan fingerprint density at radius 3 is 2.70 bits per heavy atom. The topological polar surface area (TPSA) is 36.1 Å². The second kappa shape index (κ2) is 5.64. The van der Waals surface area contributed by atoms with Crippen molar-refractivity contribution in [2.24, 2.45) is 0 Å². The first-order chi connectivity index (χ1) is 10.7. The van der Waals surface area contributed by atoms with Crippen molar-refractivity contribution in [3.63, 3.8) is 0 Å². The molecule has 0 amide bonds. The van der Waals surface area contributed by atoms with E-state index in [1.165, 1.54) is 6.07 Å². The maximum absolute atomic E-state index is 13.4. The number of halogens is 4. The standard InChI is InChI=1S/C16H16Cl2F2N2O/c1-3-11-8(2)14-12(22(11)7-16(18,19)20)5-4-10-15(14)9(17)6-13(23)21-10/h4-6,8,11H,3,7H2,1-2H3,(H,21,23). The number of rotatable bonds is 3. The molecule has 1 aromatic heterocycles. The van der Waals surface area contributed by atoms with Gasteiger partial charge in [-0.05, 0) is 35.7 Å². The van der Waals surface area contributed by atoms with Gasteiger partial charge >= 0.3 is 5.38 Å². The lowest BCUT2D eigenvalue weighted by atomic mass is 9.92. The molecule has 0 saturated heterocycles. The van der Waals surface area contributed by atoms with Gasteiger partial charge in [-0.15, -0.1) is 0 Å². The Hall–Kier alpha value is -1.33. The highest BCUT2D eigenvalue weighted by Crippen LogP contribution is 2.47. The van der Waals surface area contributed by atoms with E-state index < -0.39 is 11.9 Å². The molecule has 1 aliphatic heterocycles. The summed E-state index contributed by atoms with van der Waals surface area (Å²) >= 11 is 11.4. The SMILES string of the molecule is CCC1C(C)c2c(ccc3[nH]c(=O)cc(Cl)c23)N1CC(F)(F)Cl. The Kier molecular flexibility index (Phi) is 4.05. The summed E-state index contributed by atoms with van der Waals surface area (Å²) in [5.74, 6) is 0.00104. The number of hydrogen-bond acceptors (Lipinski definition) is 2. The highest BCUT2D eigenvalue weighted by atomic mass is 35.5. The van der Waals surface area contributed by atoms with Crippen LogP contribution >= 0.6 is 23.2 Å². The lowest BCUT2D eigenvalue weighted by molar-refractivity contribution is 0.101. The molecule has 1 aromatic carbocycles. The number of alkyl halides is 3. The van der Waals surface area contributed by atoms with Gasteiger partial charge in [-0.1, -0.05) is 25.4 Å². The highest BCUT2D eigenvalue weighted by molar-refractivity contribution is 6.35. The molecule has 3 nitrogen and oxygen atoms in total. The summed E-state index contributed by atoms with van der Waals surface area (Å²) < 4.78 is 26.8. The normalized spacial score (nSPS) is 21.0. The largest absolute Gasteiger partial charge is 0.360 e. The zero-order valence-electron chi connectivity index (χ0n) is 12.7. The minimum atomic E-state index is -3.31. The zero-order valence-corrected chi connectivity index (χ0v) is 14.2. The number of benzene rings is 1. The van der Waals surface area contributed by atoms with E-state index in [0.29, 0.717) is 22.6 Å². The number of nitrogens with zero attached hydrogens (tertiary/aromatic N) is 1. The molecule has 1 aliphatic rings. The van der Waals surface area contributed by atoms with Crippen LogP contribution in [0.3, 0.4) is 0 Å². The van der Waals surface area contributed by atoms with Crippen molar-refractivity contribution >= 4 is 39.8 Å². The van der Waals surface area contributed by atoms with Crippen LogP contribution in [-0.4, -0.2) is 23.0 Å². The van der Waals surface area contributed by atoms with Gasteiger partial charge < -0.3 is 9.88 Å². The van der Waals surface area contributed by atoms with Crippen molar-refractivity contribution in [1.29, 1.82) is 0 Å². The van der Waals surface area contributed by atoms with Crippen LogP contribution in [0.25, 0.3) is 10.9 Å². The summed E-state index contributed by atoms with van der Waals surface area (Å²) in [5, 5.41) is -2.25. The van der Waals surface area contributed by atoms with E-state index in [9.17, 15) is 13.6 Å². The van der Waals surface area contributed by atoms with Gasteiger partial charge in [0.25, 0.3) is 0 Å². The summed E-state index contributed by atoms with van der Waals surface area (Å²) in [6.07, 6.45) is 0.700. The van der Waals surface area contributed by atoms with Crippen molar-refractivity contribution in [2.45, 2.75) is 37.6 Å². The van der Waals surface area contributed by atoms with Crippen LogP contribution < -0.4 is 10.5 Å². The Balaban J connectivity index is 2.25. The average molecular weight is 361 g/mol. The summed E-state index contributed by atoms with van der Waals surface area (Å²) in [6, 6.07) is 4.67. The minimum absolute atomic E-state index is 0.00104. The highest BCUT2D eigenvalue weighted by Gasteiger charge is 2.41.